The fourth-order valence-electron chi connectivity index (χ4n) is 3.20. The van der Waals surface area contributed by atoms with Gasteiger partial charge in [0.25, 0.3) is 0 Å². The van der Waals surface area contributed by atoms with Crippen molar-refractivity contribution in [2.75, 3.05) is 31.1 Å². The topological polar surface area (TPSA) is 78.4 Å². The normalized spacial score (nSPS) is 16.6. The summed E-state index contributed by atoms with van der Waals surface area (Å²) in [7, 11) is 0. The van der Waals surface area contributed by atoms with Gasteiger partial charge in [-0.1, -0.05) is 42.5 Å². The van der Waals surface area contributed by atoms with E-state index in [1.165, 1.54) is 0 Å². The molecule has 0 bridgehead atoms. The van der Waals surface area contributed by atoms with Crippen molar-refractivity contribution in [1.29, 1.82) is 0 Å². The molecule has 2 N–H and O–H groups in total. The highest BCUT2D eigenvalue weighted by Gasteiger charge is 2.21. The number of piperidine rings is 1. The molecule has 6 heteroatoms. The molecule has 1 fully saturated rings. The van der Waals surface area contributed by atoms with Crippen molar-refractivity contribution in [3.05, 3.63) is 59.9 Å². The molecule has 1 saturated heterocycles. The molecule has 0 spiro atoms. The molecule has 6 nitrogen and oxygen atoms in total. The Balaban J connectivity index is 1.44. The maximum Gasteiger partial charge on any atom is 0.225 e. The molecule has 0 amide bonds. The van der Waals surface area contributed by atoms with E-state index in [9.17, 15) is 9.90 Å². The van der Waals surface area contributed by atoms with E-state index in [-0.39, 0.29) is 12.6 Å². The van der Waals surface area contributed by atoms with Crippen LogP contribution in [0, 0.1) is 5.92 Å². The SMILES string of the molecule is O=Cc1cnc(N2CCC(CNC(/C=C/c3ccccc3)CO)CC2)nc1. The van der Waals surface area contributed by atoms with Gasteiger partial charge in [-0.3, -0.25) is 4.79 Å². The van der Waals surface area contributed by atoms with E-state index < -0.39 is 0 Å². The minimum atomic E-state index is -0.0394. The number of nitrogens with one attached hydrogen (secondary N) is 1. The molecular weight excluding hydrogens is 340 g/mol. The first-order valence-electron chi connectivity index (χ1n) is 9.38. The number of aliphatic hydroxyl groups is 1. The average Bonchev–Trinajstić information content (AvgIpc) is 2.75. The van der Waals surface area contributed by atoms with Gasteiger partial charge >= 0.3 is 0 Å². The van der Waals surface area contributed by atoms with Gasteiger partial charge in [0, 0.05) is 31.5 Å². The molecule has 3 rings (SSSR count). The van der Waals surface area contributed by atoms with E-state index in [1.54, 1.807) is 12.4 Å². The lowest BCUT2D eigenvalue weighted by Gasteiger charge is -2.32. The molecule has 1 aliphatic rings. The van der Waals surface area contributed by atoms with Crippen LogP contribution < -0.4 is 10.2 Å². The van der Waals surface area contributed by atoms with Crippen LogP contribution in [0.1, 0.15) is 28.8 Å². The van der Waals surface area contributed by atoms with Crippen LogP contribution in [-0.4, -0.2) is 53.6 Å². The first kappa shape index (κ1) is 19.2. The summed E-state index contributed by atoms with van der Waals surface area (Å²) in [6, 6.07) is 10.1. The highest BCUT2D eigenvalue weighted by molar-refractivity contribution is 5.73. The van der Waals surface area contributed by atoms with Crippen molar-refractivity contribution >= 4 is 18.3 Å². The molecule has 2 heterocycles. The van der Waals surface area contributed by atoms with Gasteiger partial charge in [-0.25, -0.2) is 9.97 Å². The molecule has 0 aliphatic carbocycles. The summed E-state index contributed by atoms with van der Waals surface area (Å²) in [4.78, 5) is 21.4. The zero-order valence-electron chi connectivity index (χ0n) is 15.4. The van der Waals surface area contributed by atoms with Crippen LogP contribution in [0.5, 0.6) is 0 Å². The summed E-state index contributed by atoms with van der Waals surface area (Å²) >= 11 is 0. The van der Waals surface area contributed by atoms with Gasteiger partial charge < -0.3 is 15.3 Å². The van der Waals surface area contributed by atoms with E-state index in [0.717, 1.165) is 44.3 Å². The molecule has 1 atom stereocenters. The van der Waals surface area contributed by atoms with Gasteiger partial charge in [-0.05, 0) is 30.9 Å². The van der Waals surface area contributed by atoms with Gasteiger partial charge in [-0.2, -0.15) is 0 Å². The fourth-order valence-corrected chi connectivity index (χ4v) is 3.20. The van der Waals surface area contributed by atoms with E-state index in [2.05, 4.69) is 20.2 Å². The molecule has 142 valence electrons. The number of aromatic nitrogens is 2. The summed E-state index contributed by atoms with van der Waals surface area (Å²) in [5, 5.41) is 13.1. The van der Waals surface area contributed by atoms with E-state index in [0.29, 0.717) is 17.4 Å². The standard InChI is InChI=1S/C21H26N4O2/c26-15-19-13-23-21(24-14-19)25-10-8-18(9-11-25)12-22-20(16-27)7-6-17-4-2-1-3-5-17/h1-7,13-15,18,20,22,27H,8-12,16H2/b7-6+. The molecule has 2 aromatic rings. The van der Waals surface area contributed by atoms with Crippen LogP contribution in [0.15, 0.2) is 48.8 Å². The predicted octanol–water partition coefficient (Wildman–Crippen LogP) is 2.17. The summed E-state index contributed by atoms with van der Waals surface area (Å²) in [5.74, 6) is 1.25. The second-order valence-electron chi connectivity index (χ2n) is 6.83. The second kappa shape index (κ2) is 9.94. The molecule has 27 heavy (non-hydrogen) atoms. The van der Waals surface area contributed by atoms with Crippen molar-refractivity contribution in [2.45, 2.75) is 18.9 Å². The van der Waals surface area contributed by atoms with Crippen molar-refractivity contribution in [1.82, 2.24) is 15.3 Å². The quantitative estimate of drug-likeness (QED) is 0.697. The smallest absolute Gasteiger partial charge is 0.225 e. The number of aldehydes is 1. The number of aliphatic hydroxyl groups excluding tert-OH is 1. The van der Waals surface area contributed by atoms with Gasteiger partial charge in [0.2, 0.25) is 5.95 Å². The number of carbonyl (C=O) groups is 1. The summed E-state index contributed by atoms with van der Waals surface area (Å²) in [5.41, 5.74) is 1.63. The van der Waals surface area contributed by atoms with Crippen molar-refractivity contribution in [2.24, 2.45) is 5.92 Å². The van der Waals surface area contributed by atoms with Gasteiger partial charge in [0.05, 0.1) is 12.2 Å². The third-order valence-electron chi connectivity index (χ3n) is 4.88. The van der Waals surface area contributed by atoms with Crippen LogP contribution in [-0.2, 0) is 0 Å². The Labute approximate surface area is 160 Å². The minimum absolute atomic E-state index is 0.0394. The molecule has 1 aliphatic heterocycles. The fraction of sp³-hybridized carbons (Fsp3) is 0.381. The van der Waals surface area contributed by atoms with E-state index in [1.807, 2.05) is 42.5 Å². The zero-order valence-corrected chi connectivity index (χ0v) is 15.4. The molecule has 1 unspecified atom stereocenters. The lowest BCUT2D eigenvalue weighted by molar-refractivity contribution is 0.112. The summed E-state index contributed by atoms with van der Waals surface area (Å²) < 4.78 is 0. The Morgan fingerprint density at radius 2 is 1.85 bits per heavy atom. The molecule has 0 radical (unpaired) electrons. The highest BCUT2D eigenvalue weighted by atomic mass is 16.3. The molecule has 0 saturated carbocycles. The molecule has 1 aromatic heterocycles. The Kier molecular flexibility index (Phi) is 7.07. The third kappa shape index (κ3) is 5.70. The van der Waals surface area contributed by atoms with Crippen molar-refractivity contribution in [3.63, 3.8) is 0 Å². The number of nitrogens with zero attached hydrogens (tertiary/aromatic N) is 3. The van der Waals surface area contributed by atoms with E-state index >= 15 is 0 Å². The second-order valence-corrected chi connectivity index (χ2v) is 6.83. The molecular formula is C21H26N4O2. The van der Waals surface area contributed by atoms with Crippen LogP contribution in [0.4, 0.5) is 5.95 Å². The lowest BCUT2D eigenvalue weighted by Crippen LogP contribution is -2.41. The first-order chi connectivity index (χ1) is 13.3. The zero-order chi connectivity index (χ0) is 18.9. The van der Waals surface area contributed by atoms with Gasteiger partial charge in [-0.15, -0.1) is 0 Å². The monoisotopic (exact) mass is 366 g/mol. The van der Waals surface area contributed by atoms with Crippen molar-refractivity contribution in [3.8, 4) is 0 Å². The summed E-state index contributed by atoms with van der Waals surface area (Å²) in [6.07, 6.45) is 10.0. The Hall–Kier alpha value is -2.57. The van der Waals surface area contributed by atoms with Gasteiger partial charge in [0.1, 0.15) is 0 Å². The number of hydrogen-bond acceptors (Lipinski definition) is 6. The number of benzene rings is 1. The van der Waals surface area contributed by atoms with Crippen LogP contribution in [0.25, 0.3) is 6.08 Å². The van der Waals surface area contributed by atoms with Crippen LogP contribution >= 0.6 is 0 Å². The third-order valence-corrected chi connectivity index (χ3v) is 4.88. The van der Waals surface area contributed by atoms with Crippen LogP contribution in [0.3, 0.4) is 0 Å². The Morgan fingerprint density at radius 1 is 1.15 bits per heavy atom. The minimum Gasteiger partial charge on any atom is -0.394 e. The lowest BCUT2D eigenvalue weighted by atomic mass is 9.96. The maximum absolute atomic E-state index is 10.7. The Bertz CT molecular complexity index is 726. The first-order valence-corrected chi connectivity index (χ1v) is 9.38. The number of anilines is 1. The number of hydrogen-bond donors (Lipinski definition) is 2. The maximum atomic E-state index is 10.7. The highest BCUT2D eigenvalue weighted by Crippen LogP contribution is 2.20. The molecule has 1 aromatic carbocycles. The van der Waals surface area contributed by atoms with E-state index in [4.69, 9.17) is 0 Å². The van der Waals surface area contributed by atoms with Crippen molar-refractivity contribution < 1.29 is 9.90 Å². The summed E-state index contributed by atoms with van der Waals surface area (Å²) in [6.45, 7) is 2.76. The number of rotatable bonds is 8. The Morgan fingerprint density at radius 3 is 2.48 bits per heavy atom. The van der Waals surface area contributed by atoms with Crippen LogP contribution in [0.2, 0.25) is 0 Å². The van der Waals surface area contributed by atoms with Gasteiger partial charge in [0.15, 0.2) is 6.29 Å². The average molecular weight is 366 g/mol. The largest absolute Gasteiger partial charge is 0.394 e. The number of carbonyl (C=O) groups excluding carboxylic acids is 1. The predicted molar refractivity (Wildman–Crippen MR) is 107 cm³/mol.